The fourth-order valence-corrected chi connectivity index (χ4v) is 3.03. The van der Waals surface area contributed by atoms with Crippen LogP contribution in [0.3, 0.4) is 0 Å². The van der Waals surface area contributed by atoms with Crippen molar-refractivity contribution >= 4 is 10.8 Å². The van der Waals surface area contributed by atoms with E-state index in [2.05, 4.69) is 73.4 Å². The van der Waals surface area contributed by atoms with Gasteiger partial charge in [0.25, 0.3) is 0 Å². The lowest BCUT2D eigenvalue weighted by Gasteiger charge is -2.08. The number of hydrogen-bond donors (Lipinski definition) is 0. The van der Waals surface area contributed by atoms with Crippen LogP contribution < -0.4 is 0 Å². The molecular weight excluding hydrogens is 300 g/mol. The van der Waals surface area contributed by atoms with Gasteiger partial charge >= 0.3 is 0 Å². The topological polar surface area (TPSA) is 0 Å². The van der Waals surface area contributed by atoms with Gasteiger partial charge in [0, 0.05) is 11.1 Å². The van der Waals surface area contributed by atoms with Crippen LogP contribution >= 0.6 is 0 Å². The molecular formula is C25H18. The molecule has 0 saturated carbocycles. The smallest absolute Gasteiger partial charge is 0.0333 e. The van der Waals surface area contributed by atoms with Gasteiger partial charge in [0.15, 0.2) is 0 Å². The van der Waals surface area contributed by atoms with E-state index >= 15 is 0 Å². The second-order valence-corrected chi connectivity index (χ2v) is 6.23. The van der Waals surface area contributed by atoms with Crippen molar-refractivity contribution in [3.05, 3.63) is 108 Å². The van der Waals surface area contributed by atoms with Gasteiger partial charge in [0.05, 0.1) is 0 Å². The zero-order chi connectivity index (χ0) is 17.1. The lowest BCUT2D eigenvalue weighted by Crippen LogP contribution is -1.86. The van der Waals surface area contributed by atoms with Gasteiger partial charge < -0.3 is 0 Å². The molecule has 0 atom stereocenters. The molecule has 0 aliphatic rings. The Bertz CT molecular complexity index is 1080. The van der Waals surface area contributed by atoms with Crippen molar-refractivity contribution in [1.29, 1.82) is 0 Å². The lowest BCUT2D eigenvalue weighted by atomic mass is 9.96. The molecule has 4 rings (SSSR count). The Morgan fingerprint density at radius 1 is 0.600 bits per heavy atom. The molecule has 0 radical (unpaired) electrons. The monoisotopic (exact) mass is 318 g/mol. The molecule has 0 amide bonds. The summed E-state index contributed by atoms with van der Waals surface area (Å²) >= 11 is 0. The SMILES string of the molecule is Cc1ccc2cc(-c3ccccc3)cc(C#Cc3ccccc3)c2c1. The van der Waals surface area contributed by atoms with Crippen LogP contribution in [0.15, 0.2) is 91.0 Å². The Balaban J connectivity index is 1.91. The summed E-state index contributed by atoms with van der Waals surface area (Å²) in [5.41, 5.74) is 5.78. The first-order valence-electron chi connectivity index (χ1n) is 8.46. The van der Waals surface area contributed by atoms with Crippen LogP contribution in [0, 0.1) is 18.8 Å². The van der Waals surface area contributed by atoms with E-state index in [1.807, 2.05) is 36.4 Å². The second-order valence-electron chi connectivity index (χ2n) is 6.23. The average Bonchev–Trinajstić information content (AvgIpc) is 2.67. The lowest BCUT2D eigenvalue weighted by molar-refractivity contribution is 1.50. The molecule has 118 valence electrons. The van der Waals surface area contributed by atoms with E-state index in [9.17, 15) is 0 Å². The molecule has 0 heterocycles. The fraction of sp³-hybridized carbons (Fsp3) is 0.0400. The van der Waals surface area contributed by atoms with E-state index < -0.39 is 0 Å². The first-order valence-corrected chi connectivity index (χ1v) is 8.46. The molecule has 4 aromatic carbocycles. The van der Waals surface area contributed by atoms with Crippen LogP contribution in [0.5, 0.6) is 0 Å². The Morgan fingerprint density at radius 3 is 2.08 bits per heavy atom. The van der Waals surface area contributed by atoms with Gasteiger partial charge in [-0.25, -0.2) is 0 Å². The predicted octanol–water partition coefficient (Wildman–Crippen LogP) is 6.22. The zero-order valence-corrected chi connectivity index (χ0v) is 14.2. The van der Waals surface area contributed by atoms with Gasteiger partial charge in [0.1, 0.15) is 0 Å². The summed E-state index contributed by atoms with van der Waals surface area (Å²) in [6.07, 6.45) is 0. The minimum absolute atomic E-state index is 1.04. The van der Waals surface area contributed by atoms with Gasteiger partial charge in [-0.3, -0.25) is 0 Å². The standard InChI is InChI=1S/C25H18/c1-19-12-14-22-17-24(21-10-6-3-7-11-21)18-23(25(22)16-19)15-13-20-8-4-2-5-9-20/h2-12,14,16-18H,1H3. The van der Waals surface area contributed by atoms with E-state index in [-0.39, 0.29) is 0 Å². The van der Waals surface area contributed by atoms with Crippen LogP contribution in [0.4, 0.5) is 0 Å². The van der Waals surface area contributed by atoms with E-state index in [1.54, 1.807) is 0 Å². The molecule has 25 heavy (non-hydrogen) atoms. The maximum atomic E-state index is 3.39. The molecule has 0 spiro atoms. The Kier molecular flexibility index (Phi) is 4.07. The number of benzene rings is 4. The molecule has 0 aromatic heterocycles. The van der Waals surface area contributed by atoms with Gasteiger partial charge in [-0.1, -0.05) is 84.1 Å². The van der Waals surface area contributed by atoms with Crippen LogP contribution in [0.25, 0.3) is 21.9 Å². The molecule has 0 fully saturated rings. The van der Waals surface area contributed by atoms with Crippen LogP contribution in [0.1, 0.15) is 16.7 Å². The number of rotatable bonds is 1. The number of aryl methyl sites for hydroxylation is 1. The number of hydrogen-bond acceptors (Lipinski definition) is 0. The molecule has 0 unspecified atom stereocenters. The van der Waals surface area contributed by atoms with Crippen molar-refractivity contribution in [3.63, 3.8) is 0 Å². The van der Waals surface area contributed by atoms with Gasteiger partial charge in [-0.05, 0) is 53.1 Å². The summed E-state index contributed by atoms with van der Waals surface area (Å²) in [4.78, 5) is 0. The fourth-order valence-electron chi connectivity index (χ4n) is 3.03. The van der Waals surface area contributed by atoms with Crippen molar-refractivity contribution in [2.24, 2.45) is 0 Å². The Hall–Kier alpha value is -3.30. The number of fused-ring (bicyclic) bond motifs is 1. The van der Waals surface area contributed by atoms with Crippen molar-refractivity contribution in [1.82, 2.24) is 0 Å². The maximum absolute atomic E-state index is 3.39. The van der Waals surface area contributed by atoms with Crippen molar-refractivity contribution in [3.8, 4) is 23.0 Å². The third-order valence-electron chi connectivity index (χ3n) is 4.33. The summed E-state index contributed by atoms with van der Waals surface area (Å²) in [6, 6.07) is 31.6. The van der Waals surface area contributed by atoms with Crippen molar-refractivity contribution in [2.75, 3.05) is 0 Å². The van der Waals surface area contributed by atoms with Crippen molar-refractivity contribution in [2.45, 2.75) is 6.92 Å². The predicted molar refractivity (Wildman–Crippen MR) is 107 cm³/mol. The largest absolute Gasteiger partial charge is 0.0622 e. The highest BCUT2D eigenvalue weighted by Crippen LogP contribution is 2.28. The third-order valence-corrected chi connectivity index (χ3v) is 4.33. The molecule has 0 bridgehead atoms. The van der Waals surface area contributed by atoms with E-state index in [1.165, 1.54) is 27.5 Å². The minimum Gasteiger partial charge on any atom is -0.0622 e. The molecule has 0 saturated heterocycles. The second kappa shape index (κ2) is 6.67. The highest BCUT2D eigenvalue weighted by molar-refractivity contribution is 5.93. The van der Waals surface area contributed by atoms with E-state index in [4.69, 9.17) is 0 Å². The highest BCUT2D eigenvalue weighted by atomic mass is 14.1. The van der Waals surface area contributed by atoms with Crippen LogP contribution in [0.2, 0.25) is 0 Å². The van der Waals surface area contributed by atoms with E-state index in [0.717, 1.165) is 11.1 Å². The average molecular weight is 318 g/mol. The zero-order valence-electron chi connectivity index (χ0n) is 14.2. The Labute approximate surface area is 148 Å². The molecule has 4 aromatic rings. The summed E-state index contributed by atoms with van der Waals surface area (Å²) in [5, 5.41) is 2.44. The molecule has 0 aliphatic carbocycles. The Morgan fingerprint density at radius 2 is 1.32 bits per heavy atom. The summed E-state index contributed by atoms with van der Waals surface area (Å²) in [7, 11) is 0. The van der Waals surface area contributed by atoms with Gasteiger partial charge in [0.2, 0.25) is 0 Å². The van der Waals surface area contributed by atoms with E-state index in [0.29, 0.717) is 0 Å². The molecule has 0 heteroatoms. The molecule has 0 N–H and O–H groups in total. The summed E-state index contributed by atoms with van der Waals surface area (Å²) < 4.78 is 0. The normalized spacial score (nSPS) is 10.3. The quantitative estimate of drug-likeness (QED) is 0.366. The molecule has 0 aliphatic heterocycles. The summed E-state index contributed by atoms with van der Waals surface area (Å²) in [6.45, 7) is 2.12. The van der Waals surface area contributed by atoms with Gasteiger partial charge in [-0.15, -0.1) is 0 Å². The first kappa shape index (κ1) is 15.2. The maximum Gasteiger partial charge on any atom is 0.0333 e. The minimum atomic E-state index is 1.04. The highest BCUT2D eigenvalue weighted by Gasteiger charge is 2.05. The van der Waals surface area contributed by atoms with Gasteiger partial charge in [-0.2, -0.15) is 0 Å². The van der Waals surface area contributed by atoms with Crippen molar-refractivity contribution < 1.29 is 0 Å². The first-order chi connectivity index (χ1) is 12.3. The van der Waals surface area contributed by atoms with Crippen LogP contribution in [-0.4, -0.2) is 0 Å². The summed E-state index contributed by atoms with van der Waals surface area (Å²) in [5.74, 6) is 6.69. The van der Waals surface area contributed by atoms with Crippen LogP contribution in [-0.2, 0) is 0 Å². The molecule has 0 nitrogen and oxygen atoms in total. The third kappa shape index (κ3) is 3.32.